The molecule has 170 valence electrons. The molecule has 5 heteroatoms. The fraction of sp³-hybridized carbons (Fsp3) is 0.800. The van der Waals surface area contributed by atoms with Gasteiger partial charge in [0, 0.05) is 31.4 Å². The van der Waals surface area contributed by atoms with Gasteiger partial charge in [0.05, 0.1) is 5.69 Å². The number of aromatic nitrogens is 1. The lowest BCUT2D eigenvalue weighted by atomic mass is 9.95. The summed E-state index contributed by atoms with van der Waals surface area (Å²) >= 11 is 0. The van der Waals surface area contributed by atoms with Crippen LogP contribution in [0.2, 0.25) is 0 Å². The molecule has 1 aromatic rings. The maximum atomic E-state index is 4.62. The molecular weight excluding hydrogens is 370 g/mol. The highest BCUT2D eigenvalue weighted by Crippen LogP contribution is 2.17. The molecule has 0 bridgehead atoms. The summed E-state index contributed by atoms with van der Waals surface area (Å²) in [5, 5.41) is 14.5. The molecule has 2 fully saturated rings. The van der Waals surface area contributed by atoms with Crippen LogP contribution in [0.5, 0.6) is 0 Å². The van der Waals surface area contributed by atoms with Gasteiger partial charge in [-0.25, -0.2) is 0 Å². The van der Waals surface area contributed by atoms with Crippen molar-refractivity contribution >= 4 is 0 Å². The maximum Gasteiger partial charge on any atom is 0.0541 e. The quantitative estimate of drug-likeness (QED) is 0.347. The first-order valence-corrected chi connectivity index (χ1v) is 12.7. The number of hydrogen-bond acceptors (Lipinski definition) is 5. The number of nitrogens with zero attached hydrogens (tertiary/aromatic N) is 1. The third kappa shape index (κ3) is 9.86. The molecule has 5 nitrogen and oxygen atoms in total. The van der Waals surface area contributed by atoms with Crippen LogP contribution < -0.4 is 21.3 Å². The highest BCUT2D eigenvalue weighted by molar-refractivity contribution is 5.13. The van der Waals surface area contributed by atoms with Gasteiger partial charge in [-0.05, 0) is 76.3 Å². The number of nitrogens with one attached hydrogen (secondary N) is 4. The Balaban J connectivity index is 1.15. The van der Waals surface area contributed by atoms with Crippen molar-refractivity contribution < 1.29 is 0 Å². The molecular formula is C25H45N5. The lowest BCUT2D eigenvalue weighted by Crippen LogP contribution is -2.33. The average Bonchev–Trinajstić information content (AvgIpc) is 2.81. The van der Waals surface area contributed by atoms with E-state index in [4.69, 9.17) is 0 Å². The largest absolute Gasteiger partial charge is 0.314 e. The number of hydrogen-bond donors (Lipinski definition) is 4. The van der Waals surface area contributed by atoms with Crippen LogP contribution in [0.25, 0.3) is 0 Å². The van der Waals surface area contributed by atoms with E-state index >= 15 is 0 Å². The van der Waals surface area contributed by atoms with Crippen molar-refractivity contribution in [2.24, 2.45) is 0 Å². The fourth-order valence-corrected chi connectivity index (χ4v) is 4.77. The molecule has 3 rings (SSSR count). The molecule has 0 unspecified atom stereocenters. The predicted molar refractivity (Wildman–Crippen MR) is 127 cm³/mol. The zero-order valence-corrected chi connectivity index (χ0v) is 19.1. The van der Waals surface area contributed by atoms with Gasteiger partial charge < -0.3 is 21.3 Å². The Bertz CT molecular complexity index is 486. The molecule has 0 saturated heterocycles. The molecule has 2 aliphatic carbocycles. The van der Waals surface area contributed by atoms with Crippen LogP contribution in [-0.2, 0) is 13.1 Å². The van der Waals surface area contributed by atoms with Gasteiger partial charge >= 0.3 is 0 Å². The van der Waals surface area contributed by atoms with Crippen LogP contribution in [-0.4, -0.2) is 43.2 Å². The summed E-state index contributed by atoms with van der Waals surface area (Å²) in [6, 6.07) is 5.92. The molecule has 0 radical (unpaired) electrons. The Labute approximate surface area is 184 Å². The smallest absolute Gasteiger partial charge is 0.0541 e. The van der Waals surface area contributed by atoms with E-state index < -0.39 is 0 Å². The number of rotatable bonds is 14. The first kappa shape index (κ1) is 23.6. The van der Waals surface area contributed by atoms with Crippen LogP contribution in [0.1, 0.15) is 88.3 Å². The Morgan fingerprint density at radius 2 is 1.23 bits per heavy atom. The molecule has 2 aliphatic rings. The predicted octanol–water partition coefficient (Wildman–Crippen LogP) is 3.89. The van der Waals surface area contributed by atoms with Crippen molar-refractivity contribution in [3.8, 4) is 0 Å². The van der Waals surface area contributed by atoms with Gasteiger partial charge in [-0.1, -0.05) is 44.6 Å². The lowest BCUT2D eigenvalue weighted by molar-refractivity contribution is 0.371. The van der Waals surface area contributed by atoms with Crippen molar-refractivity contribution in [2.45, 2.75) is 102 Å². The first-order valence-electron chi connectivity index (χ1n) is 12.7. The van der Waals surface area contributed by atoms with E-state index in [1.54, 1.807) is 0 Å². The van der Waals surface area contributed by atoms with Crippen molar-refractivity contribution in [1.29, 1.82) is 0 Å². The third-order valence-electron chi connectivity index (χ3n) is 6.66. The zero-order chi connectivity index (χ0) is 20.7. The second-order valence-corrected chi connectivity index (χ2v) is 9.30. The minimum Gasteiger partial charge on any atom is -0.314 e. The molecule has 0 amide bonds. The van der Waals surface area contributed by atoms with E-state index in [2.05, 4.69) is 38.4 Å². The van der Waals surface area contributed by atoms with Crippen molar-refractivity contribution in [3.63, 3.8) is 0 Å². The van der Waals surface area contributed by atoms with Gasteiger partial charge in [-0.2, -0.15) is 0 Å². The van der Waals surface area contributed by atoms with Crippen LogP contribution in [0.15, 0.2) is 18.3 Å². The van der Waals surface area contributed by atoms with Gasteiger partial charge in [-0.15, -0.1) is 0 Å². The van der Waals surface area contributed by atoms with E-state index in [0.717, 1.165) is 57.0 Å². The minimum atomic E-state index is 0.773. The summed E-state index contributed by atoms with van der Waals surface area (Å²) in [4.78, 5) is 4.62. The zero-order valence-electron chi connectivity index (χ0n) is 19.1. The van der Waals surface area contributed by atoms with Crippen LogP contribution in [0.4, 0.5) is 0 Å². The van der Waals surface area contributed by atoms with Crippen molar-refractivity contribution in [3.05, 3.63) is 29.6 Å². The molecule has 30 heavy (non-hydrogen) atoms. The number of pyridine rings is 1. The summed E-state index contributed by atoms with van der Waals surface area (Å²) in [6.45, 7) is 6.17. The Kier molecular flexibility index (Phi) is 11.7. The minimum absolute atomic E-state index is 0.773. The van der Waals surface area contributed by atoms with E-state index in [1.807, 2.05) is 6.20 Å². The van der Waals surface area contributed by atoms with Gasteiger partial charge in [-0.3, -0.25) is 4.98 Å². The van der Waals surface area contributed by atoms with Crippen LogP contribution >= 0.6 is 0 Å². The Hall–Kier alpha value is -1.01. The molecule has 0 spiro atoms. The monoisotopic (exact) mass is 415 g/mol. The summed E-state index contributed by atoms with van der Waals surface area (Å²) in [5.74, 6) is 0. The van der Waals surface area contributed by atoms with E-state index in [9.17, 15) is 0 Å². The molecule has 0 atom stereocenters. The van der Waals surface area contributed by atoms with Crippen LogP contribution in [0, 0.1) is 0 Å². The fourth-order valence-electron chi connectivity index (χ4n) is 4.77. The van der Waals surface area contributed by atoms with E-state index in [1.165, 1.54) is 82.6 Å². The third-order valence-corrected chi connectivity index (χ3v) is 6.66. The second-order valence-electron chi connectivity index (χ2n) is 9.30. The Morgan fingerprint density at radius 1 is 0.667 bits per heavy atom. The molecule has 0 aromatic carbocycles. The molecule has 1 aromatic heterocycles. The maximum absolute atomic E-state index is 4.62. The highest BCUT2D eigenvalue weighted by Gasteiger charge is 2.12. The molecule has 4 N–H and O–H groups in total. The van der Waals surface area contributed by atoms with Crippen LogP contribution in [0.3, 0.4) is 0 Å². The SMILES string of the molecule is c1cc(CNCCCNC2CCCCC2)ncc1CNCCCNC1CCCCC1. The summed E-state index contributed by atoms with van der Waals surface area (Å²) in [5.41, 5.74) is 2.41. The summed E-state index contributed by atoms with van der Waals surface area (Å²) in [7, 11) is 0. The standard InChI is InChI=1S/C25H45N5/c1-3-9-23(10-4-1)28-17-7-15-26-19-22-13-14-25(30-20-22)21-27-16-8-18-29-24-11-5-2-6-12-24/h13-14,20,23-24,26-29H,1-12,15-19,21H2. The van der Waals surface area contributed by atoms with Gasteiger partial charge in [0.2, 0.25) is 0 Å². The molecule has 1 heterocycles. The summed E-state index contributed by atoms with van der Waals surface area (Å²) < 4.78 is 0. The highest BCUT2D eigenvalue weighted by atomic mass is 14.9. The normalized spacial score (nSPS) is 18.7. The van der Waals surface area contributed by atoms with Gasteiger partial charge in [0.15, 0.2) is 0 Å². The lowest BCUT2D eigenvalue weighted by Gasteiger charge is -2.22. The van der Waals surface area contributed by atoms with Crippen molar-refractivity contribution in [1.82, 2.24) is 26.3 Å². The molecule has 2 saturated carbocycles. The topological polar surface area (TPSA) is 61.0 Å². The first-order chi connectivity index (χ1) is 14.9. The second kappa shape index (κ2) is 14.9. The average molecular weight is 416 g/mol. The Morgan fingerprint density at radius 3 is 1.77 bits per heavy atom. The van der Waals surface area contributed by atoms with Gasteiger partial charge in [0.1, 0.15) is 0 Å². The summed E-state index contributed by atoms with van der Waals surface area (Å²) in [6.07, 6.45) is 18.4. The van der Waals surface area contributed by atoms with E-state index in [0.29, 0.717) is 0 Å². The van der Waals surface area contributed by atoms with Gasteiger partial charge in [0.25, 0.3) is 0 Å². The molecule has 0 aliphatic heterocycles. The van der Waals surface area contributed by atoms with E-state index in [-0.39, 0.29) is 0 Å². The van der Waals surface area contributed by atoms with Crippen molar-refractivity contribution in [2.75, 3.05) is 26.2 Å².